The Morgan fingerprint density at radius 3 is 2.44 bits per heavy atom. The van der Waals surface area contributed by atoms with Gasteiger partial charge in [0.15, 0.2) is 0 Å². The standard InChI is InChI=1S/C12H12O5S/c1-12(2,11(14)15)8-6-18(16,17)10-7(8)4-3-5-9(10)13/h3-6,13H,1-2H3,(H,14,15). The van der Waals surface area contributed by atoms with E-state index in [4.69, 9.17) is 5.11 Å². The summed E-state index contributed by atoms with van der Waals surface area (Å²) >= 11 is 0. The van der Waals surface area contributed by atoms with Crippen LogP contribution >= 0.6 is 0 Å². The van der Waals surface area contributed by atoms with Crippen LogP contribution in [-0.4, -0.2) is 24.6 Å². The maximum atomic E-state index is 11.9. The second-order valence-corrected chi connectivity index (χ2v) is 6.39. The molecule has 18 heavy (non-hydrogen) atoms. The van der Waals surface area contributed by atoms with Gasteiger partial charge >= 0.3 is 5.97 Å². The average Bonchev–Trinajstić information content (AvgIpc) is 2.52. The van der Waals surface area contributed by atoms with Crippen molar-refractivity contribution in [2.45, 2.75) is 18.7 Å². The number of phenolic OH excluding ortho intramolecular Hbond substituents is 1. The van der Waals surface area contributed by atoms with E-state index >= 15 is 0 Å². The molecule has 0 saturated heterocycles. The molecule has 0 fully saturated rings. The van der Waals surface area contributed by atoms with E-state index in [0.29, 0.717) is 0 Å². The molecule has 1 aliphatic rings. The lowest BCUT2D eigenvalue weighted by Gasteiger charge is -2.21. The Labute approximate surface area is 104 Å². The van der Waals surface area contributed by atoms with Gasteiger partial charge in [-0.1, -0.05) is 12.1 Å². The van der Waals surface area contributed by atoms with Crippen molar-refractivity contribution in [3.05, 3.63) is 29.2 Å². The van der Waals surface area contributed by atoms with Crippen LogP contribution in [0, 0.1) is 5.41 Å². The molecule has 96 valence electrons. The maximum Gasteiger partial charge on any atom is 0.313 e. The van der Waals surface area contributed by atoms with Crippen molar-refractivity contribution in [1.82, 2.24) is 0 Å². The number of carbonyl (C=O) groups is 1. The fourth-order valence-corrected chi connectivity index (χ4v) is 3.61. The Balaban J connectivity index is 2.78. The van der Waals surface area contributed by atoms with Gasteiger partial charge in [-0.25, -0.2) is 8.42 Å². The Bertz CT molecular complexity index is 668. The van der Waals surface area contributed by atoms with Crippen LogP contribution in [0.3, 0.4) is 0 Å². The molecule has 1 heterocycles. The molecule has 2 rings (SSSR count). The summed E-state index contributed by atoms with van der Waals surface area (Å²) in [6, 6.07) is 4.25. The Morgan fingerprint density at radius 2 is 1.89 bits per heavy atom. The lowest BCUT2D eigenvalue weighted by atomic mass is 9.81. The third-order valence-electron chi connectivity index (χ3n) is 3.05. The summed E-state index contributed by atoms with van der Waals surface area (Å²) in [7, 11) is -3.78. The molecule has 0 aliphatic carbocycles. The SMILES string of the molecule is CC(C)(C(=O)O)C1=CS(=O)(=O)c2c(O)cccc21. The number of carboxylic acid groups (broad SMARTS) is 1. The molecule has 0 aromatic heterocycles. The van der Waals surface area contributed by atoms with Crippen LogP contribution in [0.2, 0.25) is 0 Å². The Morgan fingerprint density at radius 1 is 1.28 bits per heavy atom. The Kier molecular flexibility index (Phi) is 2.52. The predicted molar refractivity (Wildman–Crippen MR) is 64.7 cm³/mol. The highest BCUT2D eigenvalue weighted by Gasteiger charge is 2.41. The van der Waals surface area contributed by atoms with Gasteiger partial charge in [-0.05, 0) is 25.5 Å². The van der Waals surface area contributed by atoms with Gasteiger partial charge in [0.2, 0.25) is 9.84 Å². The minimum atomic E-state index is -3.78. The molecule has 1 aromatic rings. The van der Waals surface area contributed by atoms with Crippen LogP contribution in [0.25, 0.3) is 5.57 Å². The van der Waals surface area contributed by atoms with E-state index in [1.54, 1.807) is 0 Å². The minimum absolute atomic E-state index is 0.181. The first-order valence-corrected chi connectivity index (χ1v) is 6.75. The van der Waals surface area contributed by atoms with Crippen LogP contribution in [0.4, 0.5) is 0 Å². The molecule has 1 aliphatic heterocycles. The highest BCUT2D eigenvalue weighted by molar-refractivity contribution is 7.95. The number of aliphatic carboxylic acids is 1. The van der Waals surface area contributed by atoms with Crippen molar-refractivity contribution < 1.29 is 23.4 Å². The number of hydrogen-bond acceptors (Lipinski definition) is 4. The fourth-order valence-electron chi connectivity index (χ4n) is 1.91. The molecule has 0 spiro atoms. The van der Waals surface area contributed by atoms with Crippen LogP contribution in [-0.2, 0) is 14.6 Å². The van der Waals surface area contributed by atoms with Crippen LogP contribution in [0.5, 0.6) is 5.75 Å². The van der Waals surface area contributed by atoms with Crippen molar-refractivity contribution in [3.63, 3.8) is 0 Å². The van der Waals surface area contributed by atoms with E-state index in [-0.39, 0.29) is 21.8 Å². The van der Waals surface area contributed by atoms with Gasteiger partial charge in [-0.3, -0.25) is 4.79 Å². The van der Waals surface area contributed by atoms with Gasteiger partial charge in [-0.15, -0.1) is 0 Å². The molecule has 0 bridgehead atoms. The van der Waals surface area contributed by atoms with Crippen molar-refractivity contribution in [1.29, 1.82) is 0 Å². The highest BCUT2D eigenvalue weighted by Crippen LogP contribution is 2.46. The largest absolute Gasteiger partial charge is 0.507 e. The second-order valence-electron chi connectivity index (χ2n) is 4.66. The van der Waals surface area contributed by atoms with Crippen LogP contribution < -0.4 is 0 Å². The molecule has 0 radical (unpaired) electrons. The smallest absolute Gasteiger partial charge is 0.313 e. The average molecular weight is 268 g/mol. The molecular formula is C12H12O5S. The normalized spacial score (nSPS) is 17.1. The van der Waals surface area contributed by atoms with Crippen molar-refractivity contribution >= 4 is 21.4 Å². The molecule has 0 atom stereocenters. The topological polar surface area (TPSA) is 91.7 Å². The number of phenols is 1. The summed E-state index contributed by atoms with van der Waals surface area (Å²) in [6.45, 7) is 2.85. The number of carboxylic acids is 1. The van der Waals surface area contributed by atoms with E-state index in [1.807, 2.05) is 0 Å². The number of benzene rings is 1. The van der Waals surface area contributed by atoms with Gasteiger partial charge in [0.05, 0.1) is 5.41 Å². The fraction of sp³-hybridized carbons (Fsp3) is 0.250. The summed E-state index contributed by atoms with van der Waals surface area (Å²) in [6.07, 6.45) is 0. The summed E-state index contributed by atoms with van der Waals surface area (Å²) in [5.41, 5.74) is -0.908. The Hall–Kier alpha value is -1.82. The van der Waals surface area contributed by atoms with Crippen molar-refractivity contribution in [3.8, 4) is 5.75 Å². The maximum absolute atomic E-state index is 11.9. The minimum Gasteiger partial charge on any atom is -0.507 e. The molecule has 5 nitrogen and oxygen atoms in total. The van der Waals surface area contributed by atoms with Gasteiger partial charge in [-0.2, -0.15) is 0 Å². The first kappa shape index (κ1) is 12.6. The number of aromatic hydroxyl groups is 1. The van der Waals surface area contributed by atoms with E-state index in [9.17, 15) is 18.3 Å². The van der Waals surface area contributed by atoms with Gasteiger partial charge in [0.1, 0.15) is 10.6 Å². The second kappa shape index (κ2) is 3.58. The van der Waals surface area contributed by atoms with E-state index in [2.05, 4.69) is 0 Å². The van der Waals surface area contributed by atoms with Crippen LogP contribution in [0.15, 0.2) is 28.5 Å². The molecule has 6 heteroatoms. The van der Waals surface area contributed by atoms with E-state index in [0.717, 1.165) is 5.41 Å². The summed E-state index contributed by atoms with van der Waals surface area (Å²) < 4.78 is 23.8. The molecule has 0 saturated carbocycles. The zero-order valence-electron chi connectivity index (χ0n) is 9.84. The quantitative estimate of drug-likeness (QED) is 0.850. The van der Waals surface area contributed by atoms with E-state index in [1.165, 1.54) is 32.0 Å². The third kappa shape index (κ3) is 1.60. The monoisotopic (exact) mass is 268 g/mol. The summed E-state index contributed by atoms with van der Waals surface area (Å²) in [5, 5.41) is 19.7. The van der Waals surface area contributed by atoms with Crippen molar-refractivity contribution in [2.24, 2.45) is 5.41 Å². The third-order valence-corrected chi connectivity index (χ3v) is 4.59. The lowest BCUT2D eigenvalue weighted by Crippen LogP contribution is -2.24. The van der Waals surface area contributed by atoms with Crippen LogP contribution in [0.1, 0.15) is 19.4 Å². The number of hydrogen-bond donors (Lipinski definition) is 2. The highest BCUT2D eigenvalue weighted by atomic mass is 32.2. The summed E-state index contributed by atoms with van der Waals surface area (Å²) in [4.78, 5) is 11.0. The molecule has 0 amide bonds. The van der Waals surface area contributed by atoms with Gasteiger partial charge < -0.3 is 10.2 Å². The predicted octanol–water partition coefficient (Wildman–Crippen LogP) is 1.63. The zero-order valence-corrected chi connectivity index (χ0v) is 10.7. The lowest BCUT2D eigenvalue weighted by molar-refractivity contribution is -0.143. The first-order valence-electron chi connectivity index (χ1n) is 5.21. The number of sulfone groups is 1. The summed E-state index contributed by atoms with van der Waals surface area (Å²) in [5.74, 6) is -1.49. The molecule has 0 unspecified atom stereocenters. The molecular weight excluding hydrogens is 256 g/mol. The van der Waals surface area contributed by atoms with Gasteiger partial charge in [0.25, 0.3) is 0 Å². The first-order chi connectivity index (χ1) is 8.18. The number of fused-ring (bicyclic) bond motifs is 1. The zero-order chi connectivity index (χ0) is 13.7. The molecule has 1 aromatic carbocycles. The van der Waals surface area contributed by atoms with Gasteiger partial charge in [0, 0.05) is 11.0 Å². The van der Waals surface area contributed by atoms with Crippen molar-refractivity contribution in [2.75, 3.05) is 0 Å². The number of rotatable bonds is 2. The van der Waals surface area contributed by atoms with E-state index < -0.39 is 21.2 Å². The molecule has 2 N–H and O–H groups in total.